The monoisotopic (exact) mass is 402 g/mol. The van der Waals surface area contributed by atoms with E-state index in [1.54, 1.807) is 0 Å². The number of aromatic amines is 1. The average molecular weight is 402 g/mol. The second-order valence-corrected chi connectivity index (χ2v) is 5.30. The molecule has 0 saturated heterocycles. The zero-order valence-electron chi connectivity index (χ0n) is 13.9. The molecule has 27 heavy (non-hydrogen) atoms. The van der Waals surface area contributed by atoms with Crippen LogP contribution in [0, 0.1) is 10.1 Å². The number of nitro benzene ring substituents is 1. The van der Waals surface area contributed by atoms with Crippen LogP contribution >= 0.6 is 0 Å². The maximum atomic E-state index is 12.4. The van der Waals surface area contributed by atoms with E-state index in [1.165, 1.54) is 24.3 Å². The summed E-state index contributed by atoms with van der Waals surface area (Å²) < 4.78 is 0. The van der Waals surface area contributed by atoms with Crippen molar-refractivity contribution in [3.05, 3.63) is 105 Å². The molecule has 1 aliphatic carbocycles. The molecule has 1 N–H and O–H groups in total. The van der Waals surface area contributed by atoms with E-state index in [4.69, 9.17) is 0 Å². The molecule has 0 fully saturated rings. The molecule has 3 aromatic rings. The van der Waals surface area contributed by atoms with Gasteiger partial charge in [0.25, 0.3) is 5.69 Å². The Morgan fingerprint density at radius 1 is 1.07 bits per heavy atom. The summed E-state index contributed by atoms with van der Waals surface area (Å²) in [6.07, 6.45) is 7.32. The molecule has 0 radical (unpaired) electrons. The average Bonchev–Trinajstić information content (AvgIpc) is 3.44. The zero-order chi connectivity index (χ0) is 18.4. The molecule has 0 amide bonds. The van der Waals surface area contributed by atoms with Gasteiger partial charge < -0.3 is 5.11 Å². The van der Waals surface area contributed by atoms with Crippen molar-refractivity contribution in [2.75, 3.05) is 0 Å². The third kappa shape index (κ3) is 4.84. The van der Waals surface area contributed by atoms with Crippen LogP contribution in [0.15, 0.2) is 78.9 Å². The van der Waals surface area contributed by atoms with E-state index in [-0.39, 0.29) is 33.9 Å². The van der Waals surface area contributed by atoms with E-state index < -0.39 is 4.92 Å². The van der Waals surface area contributed by atoms with Gasteiger partial charge in [-0.15, -0.1) is 5.10 Å². The van der Waals surface area contributed by atoms with Crippen molar-refractivity contribution in [2.45, 2.75) is 0 Å². The Hall–Kier alpha value is -3.35. The van der Waals surface area contributed by atoms with Crippen LogP contribution in [0.2, 0.25) is 0 Å². The summed E-state index contributed by atoms with van der Waals surface area (Å²) in [5.74, 6) is -0.314. The van der Waals surface area contributed by atoms with Crippen LogP contribution in [-0.2, 0) is 17.1 Å². The molecule has 0 spiro atoms. The van der Waals surface area contributed by atoms with Crippen molar-refractivity contribution in [3.63, 3.8) is 0 Å². The van der Waals surface area contributed by atoms with Crippen LogP contribution in [0.4, 0.5) is 5.69 Å². The van der Waals surface area contributed by atoms with E-state index >= 15 is 0 Å². The van der Waals surface area contributed by atoms with Gasteiger partial charge in [0.05, 0.1) is 10.3 Å². The van der Waals surface area contributed by atoms with Crippen molar-refractivity contribution in [3.8, 4) is 0 Å². The molecule has 4 rings (SSSR count). The smallest absolute Gasteiger partial charge is 0.871 e. The summed E-state index contributed by atoms with van der Waals surface area (Å²) in [5.41, 5.74) is 1.05. The minimum atomic E-state index is -0.512. The third-order valence-electron chi connectivity index (χ3n) is 3.61. The molecular formula is C19H14FeN4O3. The van der Waals surface area contributed by atoms with Gasteiger partial charge in [-0.2, -0.15) is 18.2 Å². The molecule has 0 bridgehead atoms. The first-order valence-electron chi connectivity index (χ1n) is 7.76. The Kier molecular flexibility index (Phi) is 6.93. The van der Waals surface area contributed by atoms with Gasteiger partial charge in [-0.3, -0.25) is 15.2 Å². The first-order valence-corrected chi connectivity index (χ1v) is 7.76. The van der Waals surface area contributed by atoms with Crippen LogP contribution in [0.3, 0.4) is 0 Å². The van der Waals surface area contributed by atoms with Gasteiger partial charge in [0.2, 0.25) is 0 Å². The van der Waals surface area contributed by atoms with Crippen LogP contribution in [0.5, 0.6) is 0 Å². The van der Waals surface area contributed by atoms with Gasteiger partial charge in [-0.25, -0.2) is 12.1 Å². The van der Waals surface area contributed by atoms with Crippen LogP contribution in [-0.4, -0.2) is 20.3 Å². The number of aromatic nitrogens is 3. The first kappa shape index (κ1) is 20.0. The minimum Gasteiger partial charge on any atom is -0.871 e. The summed E-state index contributed by atoms with van der Waals surface area (Å²) in [4.78, 5) is 10.1. The van der Waals surface area contributed by atoms with Gasteiger partial charge in [0.1, 0.15) is 5.35 Å². The molecular weight excluding hydrogens is 388 g/mol. The second kappa shape index (κ2) is 9.38. The van der Waals surface area contributed by atoms with Crippen molar-refractivity contribution < 1.29 is 27.1 Å². The molecule has 136 valence electrons. The fourth-order valence-corrected chi connectivity index (χ4v) is 2.32. The number of nitrogens with zero attached hydrogens (tertiary/aromatic N) is 3. The Labute approximate surface area is 165 Å². The van der Waals surface area contributed by atoms with E-state index in [0.717, 1.165) is 5.57 Å². The SMILES string of the molecule is O=[N+]([O-])c1ccc(/C([O-])=c2\[nH]nnc2=C2C=CC=C2)cc1.[Fe+2].c1cc[cH-]c1. The molecule has 0 aliphatic heterocycles. The number of non-ortho nitro benzene ring substituents is 1. The molecule has 2 aromatic carbocycles. The molecule has 0 atom stereocenters. The summed E-state index contributed by atoms with van der Waals surface area (Å²) in [7, 11) is 0. The zero-order valence-corrected chi connectivity index (χ0v) is 15.0. The summed E-state index contributed by atoms with van der Waals surface area (Å²) in [5, 5.41) is 33.9. The standard InChI is InChI=1S/C14H10N4O3.C5H5.Fe/c19-14(10-5-7-11(8-6-10)18(20)21)13-12(15-17-16-13)9-3-1-2-4-9;1-2-4-5-3-1;/h1-8,19H,(H,15,16);1-5H;/q;-1;+2/p-1/b14-13+;;. The Morgan fingerprint density at radius 3 is 2.22 bits per heavy atom. The molecule has 0 saturated carbocycles. The second-order valence-electron chi connectivity index (χ2n) is 5.30. The maximum Gasteiger partial charge on any atom is 2.00 e. The van der Waals surface area contributed by atoms with Gasteiger partial charge in [0.15, 0.2) is 0 Å². The molecule has 7 nitrogen and oxygen atoms in total. The number of nitrogens with one attached hydrogen (secondary N) is 1. The Bertz CT molecular complexity index is 1030. The van der Waals surface area contributed by atoms with E-state index in [2.05, 4.69) is 15.4 Å². The fourth-order valence-electron chi connectivity index (χ4n) is 2.32. The predicted octanol–water partition coefficient (Wildman–Crippen LogP) is 0.909. The Morgan fingerprint density at radius 2 is 1.70 bits per heavy atom. The van der Waals surface area contributed by atoms with E-state index in [1.807, 2.05) is 54.6 Å². The number of H-pyrrole nitrogens is 1. The third-order valence-corrected chi connectivity index (χ3v) is 3.61. The first-order chi connectivity index (χ1) is 12.7. The summed E-state index contributed by atoms with van der Waals surface area (Å²) in [6.45, 7) is 0. The number of nitro groups is 1. The molecule has 1 aliphatic rings. The van der Waals surface area contributed by atoms with Crippen molar-refractivity contribution in [2.24, 2.45) is 0 Å². The molecule has 1 heterocycles. The van der Waals surface area contributed by atoms with Gasteiger partial charge >= 0.3 is 17.1 Å². The minimum absolute atomic E-state index is 0. The van der Waals surface area contributed by atoms with Gasteiger partial charge in [-0.1, -0.05) is 35.3 Å². The van der Waals surface area contributed by atoms with Gasteiger partial charge in [-0.05, 0) is 17.7 Å². The Balaban J connectivity index is 0.000000379. The summed E-state index contributed by atoms with van der Waals surface area (Å²) in [6, 6.07) is 15.4. The van der Waals surface area contributed by atoms with Crippen molar-refractivity contribution in [1.82, 2.24) is 15.4 Å². The maximum absolute atomic E-state index is 12.4. The molecule has 1 aromatic heterocycles. The van der Waals surface area contributed by atoms with Crippen LogP contribution < -0.4 is 15.8 Å². The summed E-state index contributed by atoms with van der Waals surface area (Å²) >= 11 is 0. The van der Waals surface area contributed by atoms with Crippen molar-refractivity contribution >= 4 is 17.0 Å². The van der Waals surface area contributed by atoms with E-state index in [0.29, 0.717) is 10.9 Å². The van der Waals surface area contributed by atoms with E-state index in [9.17, 15) is 15.2 Å². The van der Waals surface area contributed by atoms with Crippen LogP contribution in [0.1, 0.15) is 5.56 Å². The molecule has 8 heteroatoms. The fraction of sp³-hybridized carbons (Fsp3) is 0. The largest absolute Gasteiger partial charge is 2.00 e. The number of benzene rings is 1. The quantitative estimate of drug-likeness (QED) is 0.297. The molecule has 0 unspecified atom stereocenters. The topological polar surface area (TPSA) is 108 Å². The van der Waals surface area contributed by atoms with Gasteiger partial charge in [0, 0.05) is 17.7 Å². The number of rotatable bonds is 2. The normalized spacial score (nSPS) is 12.8. The van der Waals surface area contributed by atoms with Crippen LogP contribution in [0.25, 0.3) is 11.3 Å². The number of allylic oxidation sites excluding steroid dienone is 4. The predicted molar refractivity (Wildman–Crippen MR) is 95.0 cm³/mol. The van der Waals surface area contributed by atoms with Crippen molar-refractivity contribution in [1.29, 1.82) is 0 Å². The number of hydrogen-bond donors (Lipinski definition) is 1. The number of hydrogen-bond acceptors (Lipinski definition) is 5.